The molecule has 1 aromatic carbocycles. The molecule has 0 spiro atoms. The van der Waals surface area contributed by atoms with Gasteiger partial charge in [-0.3, -0.25) is 0 Å². The third-order valence-corrected chi connectivity index (χ3v) is 5.19. The predicted octanol–water partition coefficient (Wildman–Crippen LogP) is 6.00. The Hall–Kier alpha value is -1.71. The number of phenolic OH excluding ortho intramolecular Hbond substituents is 2. The highest BCUT2D eigenvalue weighted by atomic mass is 16.4. The molecule has 1 aromatic rings. The van der Waals surface area contributed by atoms with Crippen LogP contribution in [-0.4, -0.2) is 21.3 Å². The lowest BCUT2D eigenvalue weighted by Crippen LogP contribution is -2.02. The third-order valence-electron chi connectivity index (χ3n) is 5.19. The minimum Gasteiger partial charge on any atom is -0.504 e. The van der Waals surface area contributed by atoms with Gasteiger partial charge in [-0.2, -0.15) is 0 Å². The molecule has 0 bridgehead atoms. The zero-order valence-electron chi connectivity index (χ0n) is 16.8. The second kappa shape index (κ2) is 11.1. The second-order valence-corrected chi connectivity index (χ2v) is 8.31. The van der Waals surface area contributed by atoms with E-state index in [2.05, 4.69) is 27.7 Å². The zero-order chi connectivity index (χ0) is 19.7. The molecule has 0 heterocycles. The van der Waals surface area contributed by atoms with Crippen molar-refractivity contribution in [1.82, 2.24) is 0 Å². The summed E-state index contributed by atoms with van der Waals surface area (Å²) in [6.07, 6.45) is 8.98. The SMILES string of the molecule is CC(C)CCCC(C)CCCC(C)CCc1cc(C(=O)O)cc(O)c1O. The van der Waals surface area contributed by atoms with Crippen LogP contribution in [0.1, 0.15) is 88.6 Å². The van der Waals surface area contributed by atoms with Gasteiger partial charge in [-0.05, 0) is 48.3 Å². The first-order chi connectivity index (χ1) is 12.2. The fraction of sp³-hybridized carbons (Fsp3) is 0.682. The molecule has 0 aliphatic carbocycles. The highest BCUT2D eigenvalue weighted by molar-refractivity contribution is 5.88. The summed E-state index contributed by atoms with van der Waals surface area (Å²) in [5, 5.41) is 28.7. The van der Waals surface area contributed by atoms with Gasteiger partial charge in [0.1, 0.15) is 0 Å². The molecule has 0 saturated carbocycles. The quantitative estimate of drug-likeness (QED) is 0.398. The van der Waals surface area contributed by atoms with Crippen LogP contribution in [0.2, 0.25) is 0 Å². The van der Waals surface area contributed by atoms with E-state index in [0.29, 0.717) is 17.9 Å². The Bertz CT molecular complexity index is 566. The normalized spacial score (nSPS) is 13.7. The number of aryl methyl sites for hydroxylation is 1. The lowest BCUT2D eigenvalue weighted by atomic mass is 9.91. The Morgan fingerprint density at radius 3 is 1.96 bits per heavy atom. The lowest BCUT2D eigenvalue weighted by molar-refractivity contribution is 0.0696. The number of carboxylic acid groups (broad SMARTS) is 1. The molecule has 3 N–H and O–H groups in total. The summed E-state index contributed by atoms with van der Waals surface area (Å²) < 4.78 is 0. The molecule has 0 aliphatic rings. The molecule has 2 unspecified atom stereocenters. The molecule has 1 rings (SSSR count). The van der Waals surface area contributed by atoms with Crippen molar-refractivity contribution in [1.29, 1.82) is 0 Å². The minimum atomic E-state index is -1.10. The van der Waals surface area contributed by atoms with Gasteiger partial charge in [0.05, 0.1) is 5.56 Å². The predicted molar refractivity (Wildman–Crippen MR) is 106 cm³/mol. The number of hydrogen-bond donors (Lipinski definition) is 3. The van der Waals surface area contributed by atoms with Gasteiger partial charge >= 0.3 is 5.97 Å². The number of carbonyl (C=O) groups is 1. The Morgan fingerprint density at radius 1 is 0.885 bits per heavy atom. The summed E-state index contributed by atoms with van der Waals surface area (Å²) in [6, 6.07) is 2.55. The largest absolute Gasteiger partial charge is 0.504 e. The highest BCUT2D eigenvalue weighted by Crippen LogP contribution is 2.32. The van der Waals surface area contributed by atoms with Gasteiger partial charge in [0.25, 0.3) is 0 Å². The number of benzene rings is 1. The van der Waals surface area contributed by atoms with Gasteiger partial charge in [0, 0.05) is 0 Å². The van der Waals surface area contributed by atoms with E-state index in [4.69, 9.17) is 5.11 Å². The van der Waals surface area contributed by atoms with Gasteiger partial charge < -0.3 is 15.3 Å². The van der Waals surface area contributed by atoms with Crippen LogP contribution in [0.3, 0.4) is 0 Å². The summed E-state index contributed by atoms with van der Waals surface area (Å²) >= 11 is 0. The molecular formula is C22H36O4. The molecule has 0 radical (unpaired) electrons. The number of phenols is 2. The standard InChI is InChI=1S/C22H36O4/c1-15(2)7-5-8-16(3)9-6-10-17(4)11-12-18-13-19(22(25)26)14-20(23)21(18)24/h13-17,23-24H,5-12H2,1-4H3,(H,25,26). The molecule has 0 saturated heterocycles. The Balaban J connectivity index is 2.36. The van der Waals surface area contributed by atoms with E-state index in [0.717, 1.165) is 30.7 Å². The summed E-state index contributed by atoms with van der Waals surface area (Å²) in [5.41, 5.74) is 0.523. The smallest absolute Gasteiger partial charge is 0.335 e. The molecule has 4 heteroatoms. The molecular weight excluding hydrogens is 328 g/mol. The van der Waals surface area contributed by atoms with Crippen LogP contribution < -0.4 is 0 Å². The molecule has 0 fully saturated rings. The van der Waals surface area contributed by atoms with Crippen molar-refractivity contribution in [2.75, 3.05) is 0 Å². The topological polar surface area (TPSA) is 77.8 Å². The summed E-state index contributed by atoms with van der Waals surface area (Å²) in [7, 11) is 0. The zero-order valence-corrected chi connectivity index (χ0v) is 16.8. The maximum Gasteiger partial charge on any atom is 0.335 e. The average molecular weight is 365 g/mol. The van der Waals surface area contributed by atoms with Crippen LogP contribution in [-0.2, 0) is 6.42 Å². The average Bonchev–Trinajstić information content (AvgIpc) is 2.55. The maximum absolute atomic E-state index is 11.1. The van der Waals surface area contributed by atoms with Crippen LogP contribution >= 0.6 is 0 Å². The van der Waals surface area contributed by atoms with E-state index in [9.17, 15) is 15.0 Å². The van der Waals surface area contributed by atoms with E-state index in [1.54, 1.807) is 0 Å². The summed E-state index contributed by atoms with van der Waals surface area (Å²) in [4.78, 5) is 11.1. The third kappa shape index (κ3) is 8.11. The van der Waals surface area contributed by atoms with Crippen molar-refractivity contribution >= 4 is 5.97 Å². The fourth-order valence-electron chi connectivity index (χ4n) is 3.37. The Labute approximate surface area is 158 Å². The van der Waals surface area contributed by atoms with Crippen molar-refractivity contribution in [2.24, 2.45) is 17.8 Å². The number of aromatic carboxylic acids is 1. The van der Waals surface area contributed by atoms with Crippen molar-refractivity contribution in [3.63, 3.8) is 0 Å². The number of rotatable bonds is 12. The molecule has 4 nitrogen and oxygen atoms in total. The van der Waals surface area contributed by atoms with Crippen LogP contribution in [0, 0.1) is 17.8 Å². The van der Waals surface area contributed by atoms with Gasteiger partial charge in [-0.1, -0.05) is 66.2 Å². The fourth-order valence-corrected chi connectivity index (χ4v) is 3.37. The molecule has 26 heavy (non-hydrogen) atoms. The highest BCUT2D eigenvalue weighted by Gasteiger charge is 2.14. The van der Waals surface area contributed by atoms with E-state index < -0.39 is 5.97 Å². The summed E-state index contributed by atoms with van der Waals surface area (Å²) in [6.45, 7) is 9.08. The maximum atomic E-state index is 11.1. The number of carboxylic acids is 1. The first kappa shape index (κ1) is 22.3. The van der Waals surface area contributed by atoms with Crippen molar-refractivity contribution in [3.8, 4) is 11.5 Å². The number of hydrogen-bond acceptors (Lipinski definition) is 3. The van der Waals surface area contributed by atoms with Crippen molar-refractivity contribution in [2.45, 2.75) is 79.1 Å². The van der Waals surface area contributed by atoms with Crippen LogP contribution in [0.4, 0.5) is 0 Å². The van der Waals surface area contributed by atoms with Crippen LogP contribution in [0.15, 0.2) is 12.1 Å². The molecule has 0 aliphatic heterocycles. The van der Waals surface area contributed by atoms with Gasteiger partial charge in [-0.25, -0.2) is 4.79 Å². The molecule has 0 amide bonds. The van der Waals surface area contributed by atoms with Crippen LogP contribution in [0.25, 0.3) is 0 Å². The van der Waals surface area contributed by atoms with E-state index in [1.165, 1.54) is 38.2 Å². The minimum absolute atomic E-state index is 0.0122. The number of aromatic hydroxyl groups is 2. The van der Waals surface area contributed by atoms with E-state index >= 15 is 0 Å². The molecule has 0 aromatic heterocycles. The van der Waals surface area contributed by atoms with Gasteiger partial charge in [-0.15, -0.1) is 0 Å². The lowest BCUT2D eigenvalue weighted by Gasteiger charge is -2.15. The molecule has 2 atom stereocenters. The first-order valence-electron chi connectivity index (χ1n) is 9.98. The summed E-state index contributed by atoms with van der Waals surface area (Å²) in [5.74, 6) is 0.421. The van der Waals surface area contributed by atoms with Gasteiger partial charge in [0.15, 0.2) is 11.5 Å². The Morgan fingerprint density at radius 2 is 1.42 bits per heavy atom. The van der Waals surface area contributed by atoms with E-state index in [-0.39, 0.29) is 17.1 Å². The Kier molecular flexibility index (Phi) is 9.53. The second-order valence-electron chi connectivity index (χ2n) is 8.31. The monoisotopic (exact) mass is 364 g/mol. The molecule has 148 valence electrons. The van der Waals surface area contributed by atoms with Crippen molar-refractivity contribution < 1.29 is 20.1 Å². The first-order valence-corrected chi connectivity index (χ1v) is 9.98. The van der Waals surface area contributed by atoms with E-state index in [1.807, 2.05) is 0 Å². The van der Waals surface area contributed by atoms with Crippen molar-refractivity contribution in [3.05, 3.63) is 23.3 Å². The van der Waals surface area contributed by atoms with Crippen LogP contribution in [0.5, 0.6) is 11.5 Å². The van der Waals surface area contributed by atoms with Gasteiger partial charge in [0.2, 0.25) is 0 Å².